The Hall–Kier alpha value is -2.82. The van der Waals surface area contributed by atoms with Gasteiger partial charge in [0.15, 0.2) is 0 Å². The van der Waals surface area contributed by atoms with Gasteiger partial charge in [-0.1, -0.05) is 42.5 Å². The van der Waals surface area contributed by atoms with Crippen LogP contribution >= 0.6 is 0 Å². The van der Waals surface area contributed by atoms with Crippen LogP contribution in [0.2, 0.25) is 0 Å². The van der Waals surface area contributed by atoms with Crippen LogP contribution in [0.15, 0.2) is 54.6 Å². The fourth-order valence-electron chi connectivity index (χ4n) is 2.59. The molecule has 0 fully saturated rings. The van der Waals surface area contributed by atoms with E-state index in [0.717, 1.165) is 16.9 Å². The lowest BCUT2D eigenvalue weighted by Gasteiger charge is -2.26. The summed E-state index contributed by atoms with van der Waals surface area (Å²) < 4.78 is 5.12. The minimum atomic E-state index is -0.567. The fourth-order valence-corrected chi connectivity index (χ4v) is 2.59. The number of hydrogen-bond acceptors (Lipinski definition) is 3. The molecule has 2 amide bonds. The van der Waals surface area contributed by atoms with E-state index in [1.54, 1.807) is 12.0 Å². The summed E-state index contributed by atoms with van der Waals surface area (Å²) in [6, 6.07) is 17.3. The third-order valence-electron chi connectivity index (χ3n) is 4.13. The van der Waals surface area contributed by atoms with E-state index >= 15 is 0 Å². The van der Waals surface area contributed by atoms with Crippen LogP contribution in [0.3, 0.4) is 0 Å². The molecule has 2 rings (SSSR count). The topological polar surface area (TPSA) is 58.6 Å². The monoisotopic (exact) mass is 354 g/mol. The largest absolute Gasteiger partial charge is 0.497 e. The van der Waals surface area contributed by atoms with Crippen molar-refractivity contribution >= 4 is 11.8 Å². The third kappa shape index (κ3) is 5.62. The first-order valence-corrected chi connectivity index (χ1v) is 8.77. The first-order chi connectivity index (χ1) is 12.5. The Bertz CT molecular complexity index is 712. The molecule has 5 nitrogen and oxygen atoms in total. The maximum absolute atomic E-state index is 12.5. The molecule has 0 spiro atoms. The molecule has 0 saturated carbocycles. The van der Waals surface area contributed by atoms with Gasteiger partial charge in [-0.25, -0.2) is 0 Å². The summed E-state index contributed by atoms with van der Waals surface area (Å²) in [5, 5.41) is 2.72. The molecule has 0 atom stereocenters. The molecule has 0 aliphatic heterocycles. The van der Waals surface area contributed by atoms with E-state index in [4.69, 9.17) is 4.74 Å². The Morgan fingerprint density at radius 2 is 1.65 bits per heavy atom. The van der Waals surface area contributed by atoms with Crippen LogP contribution < -0.4 is 10.1 Å². The van der Waals surface area contributed by atoms with Gasteiger partial charge in [0.25, 0.3) is 0 Å². The predicted molar refractivity (Wildman–Crippen MR) is 102 cm³/mol. The van der Waals surface area contributed by atoms with Crippen LogP contribution in [0.1, 0.15) is 25.0 Å². The molecule has 0 radical (unpaired) electrons. The van der Waals surface area contributed by atoms with Crippen molar-refractivity contribution in [3.05, 3.63) is 65.7 Å². The van der Waals surface area contributed by atoms with Gasteiger partial charge >= 0.3 is 11.8 Å². The van der Waals surface area contributed by atoms with E-state index in [1.807, 2.05) is 68.4 Å². The van der Waals surface area contributed by atoms with Gasteiger partial charge in [0.1, 0.15) is 5.75 Å². The second-order valence-electron chi connectivity index (χ2n) is 6.37. The number of nitrogens with zero attached hydrogens (tertiary/aromatic N) is 1. The fraction of sp³-hybridized carbons (Fsp3) is 0.333. The first-order valence-electron chi connectivity index (χ1n) is 8.77. The minimum absolute atomic E-state index is 0.0601. The van der Waals surface area contributed by atoms with E-state index in [9.17, 15) is 9.59 Å². The lowest BCUT2D eigenvalue weighted by molar-refractivity contribution is -0.147. The third-order valence-corrected chi connectivity index (χ3v) is 4.13. The van der Waals surface area contributed by atoms with E-state index in [-0.39, 0.29) is 6.04 Å². The smallest absolute Gasteiger partial charge is 0.312 e. The molecule has 2 aromatic carbocycles. The number of ether oxygens (including phenoxy) is 1. The molecule has 0 aromatic heterocycles. The van der Waals surface area contributed by atoms with Gasteiger partial charge in [0.05, 0.1) is 7.11 Å². The molecule has 0 bridgehead atoms. The highest BCUT2D eigenvalue weighted by molar-refractivity contribution is 6.35. The minimum Gasteiger partial charge on any atom is -0.497 e. The lowest BCUT2D eigenvalue weighted by atomic mass is 10.1. The molecule has 0 heterocycles. The van der Waals surface area contributed by atoms with Crippen molar-refractivity contribution in [1.82, 2.24) is 10.2 Å². The molecule has 2 aromatic rings. The summed E-state index contributed by atoms with van der Waals surface area (Å²) in [6.07, 6.45) is 0.656. The second-order valence-corrected chi connectivity index (χ2v) is 6.37. The number of hydrogen-bond donors (Lipinski definition) is 1. The van der Waals surface area contributed by atoms with Gasteiger partial charge < -0.3 is 15.0 Å². The number of carbonyl (C=O) groups excluding carboxylic acids is 2. The normalized spacial score (nSPS) is 10.5. The standard InChI is InChI=1S/C21H26N2O3/c1-16(2)23(15-18-7-5-4-6-8-18)21(25)20(24)22-14-13-17-9-11-19(26-3)12-10-17/h4-12,16H,13-15H2,1-3H3,(H,22,24). The number of amides is 2. The Morgan fingerprint density at radius 1 is 1.00 bits per heavy atom. The van der Waals surface area contributed by atoms with Crippen LogP contribution in [0.25, 0.3) is 0 Å². The summed E-state index contributed by atoms with van der Waals surface area (Å²) in [5.41, 5.74) is 2.07. The summed E-state index contributed by atoms with van der Waals surface area (Å²) in [7, 11) is 1.62. The van der Waals surface area contributed by atoms with Crippen molar-refractivity contribution < 1.29 is 14.3 Å². The zero-order chi connectivity index (χ0) is 18.9. The zero-order valence-electron chi connectivity index (χ0n) is 15.6. The highest BCUT2D eigenvalue weighted by atomic mass is 16.5. The van der Waals surface area contributed by atoms with Gasteiger partial charge in [-0.2, -0.15) is 0 Å². The van der Waals surface area contributed by atoms with E-state index in [1.165, 1.54) is 0 Å². The van der Waals surface area contributed by atoms with Crippen molar-refractivity contribution in [2.45, 2.75) is 32.9 Å². The number of rotatable bonds is 7. The SMILES string of the molecule is COc1ccc(CCNC(=O)C(=O)N(Cc2ccccc2)C(C)C)cc1. The van der Waals surface area contributed by atoms with E-state index in [0.29, 0.717) is 19.5 Å². The van der Waals surface area contributed by atoms with Gasteiger partial charge in [-0.3, -0.25) is 9.59 Å². The zero-order valence-corrected chi connectivity index (χ0v) is 15.6. The lowest BCUT2D eigenvalue weighted by Crippen LogP contribution is -2.46. The van der Waals surface area contributed by atoms with Crippen molar-refractivity contribution in [1.29, 1.82) is 0 Å². The van der Waals surface area contributed by atoms with Crippen LogP contribution in [-0.2, 0) is 22.6 Å². The Balaban J connectivity index is 1.88. The average molecular weight is 354 g/mol. The summed E-state index contributed by atoms with van der Waals surface area (Å²) in [6.45, 7) is 4.65. The molecular weight excluding hydrogens is 328 g/mol. The van der Waals surface area contributed by atoms with Crippen LogP contribution in [0.5, 0.6) is 5.75 Å². The number of benzene rings is 2. The second kappa shape index (κ2) is 9.61. The summed E-state index contributed by atoms with van der Waals surface area (Å²) in [4.78, 5) is 26.3. The molecule has 1 N–H and O–H groups in total. The molecule has 0 aliphatic rings. The number of nitrogens with one attached hydrogen (secondary N) is 1. The first kappa shape index (κ1) is 19.5. The molecule has 5 heteroatoms. The molecule has 26 heavy (non-hydrogen) atoms. The molecule has 0 saturated heterocycles. The van der Waals surface area contributed by atoms with Gasteiger partial charge in [-0.15, -0.1) is 0 Å². The quantitative estimate of drug-likeness (QED) is 0.778. The van der Waals surface area contributed by atoms with Crippen LogP contribution in [0, 0.1) is 0 Å². The van der Waals surface area contributed by atoms with Crippen LogP contribution in [-0.4, -0.2) is 36.4 Å². The number of carbonyl (C=O) groups is 2. The number of methoxy groups -OCH3 is 1. The summed E-state index contributed by atoms with van der Waals surface area (Å²) >= 11 is 0. The van der Waals surface area contributed by atoms with Gasteiger partial charge in [-0.05, 0) is 43.5 Å². The highest BCUT2D eigenvalue weighted by Crippen LogP contribution is 2.11. The molecule has 138 valence electrons. The van der Waals surface area contributed by atoms with Crippen molar-refractivity contribution in [2.75, 3.05) is 13.7 Å². The van der Waals surface area contributed by atoms with E-state index < -0.39 is 11.8 Å². The van der Waals surface area contributed by atoms with Crippen LogP contribution in [0.4, 0.5) is 0 Å². The molecule has 0 unspecified atom stereocenters. The highest BCUT2D eigenvalue weighted by Gasteiger charge is 2.23. The molecular formula is C21H26N2O3. The Labute approximate surface area is 155 Å². The maximum Gasteiger partial charge on any atom is 0.312 e. The summed E-state index contributed by atoms with van der Waals surface area (Å²) in [5.74, 6) is -0.275. The maximum atomic E-state index is 12.5. The Morgan fingerprint density at radius 3 is 2.23 bits per heavy atom. The molecule has 0 aliphatic carbocycles. The van der Waals surface area contributed by atoms with Gasteiger partial charge in [0.2, 0.25) is 0 Å². The predicted octanol–water partition coefficient (Wildman–Crippen LogP) is 2.79. The average Bonchev–Trinajstić information content (AvgIpc) is 2.66. The van der Waals surface area contributed by atoms with Crippen molar-refractivity contribution in [2.24, 2.45) is 0 Å². The van der Waals surface area contributed by atoms with E-state index in [2.05, 4.69) is 5.32 Å². The van der Waals surface area contributed by atoms with Crippen molar-refractivity contribution in [3.8, 4) is 5.75 Å². The Kier molecular flexibility index (Phi) is 7.21. The van der Waals surface area contributed by atoms with Gasteiger partial charge in [0, 0.05) is 19.1 Å². The van der Waals surface area contributed by atoms with Crippen molar-refractivity contribution in [3.63, 3.8) is 0 Å².